The number of Topliss-reactive ketones (excluding diaryl/α,β-unsaturated/α-hetero) is 1. The van der Waals surface area contributed by atoms with E-state index in [1.165, 1.54) is 6.07 Å². The van der Waals surface area contributed by atoms with Crippen LogP contribution < -0.4 is 10.9 Å². The van der Waals surface area contributed by atoms with Crippen LogP contribution in [0.1, 0.15) is 23.7 Å². The predicted octanol–water partition coefficient (Wildman–Crippen LogP) is -1.29. The molecular formula is C17H19N3O10S. The van der Waals surface area contributed by atoms with Crippen molar-refractivity contribution in [3.63, 3.8) is 0 Å². The van der Waals surface area contributed by atoms with Crippen molar-refractivity contribution in [3.8, 4) is 11.5 Å². The molecule has 1 aromatic carbocycles. The number of sulfone groups is 1. The number of ether oxygens (including phenoxy) is 1. The van der Waals surface area contributed by atoms with Gasteiger partial charge in [0.05, 0.1) is 13.0 Å². The molecular weight excluding hydrogens is 438 g/mol. The zero-order valence-corrected chi connectivity index (χ0v) is 16.9. The number of carboxylic acids is 1. The highest BCUT2D eigenvalue weighted by atomic mass is 32.2. The molecule has 0 unspecified atom stereocenters. The second-order valence-corrected chi connectivity index (χ2v) is 9.81. The first kappa shape index (κ1) is 22.3. The molecule has 31 heavy (non-hydrogen) atoms. The first-order valence-corrected chi connectivity index (χ1v) is 10.4. The summed E-state index contributed by atoms with van der Waals surface area (Å²) in [5.41, 5.74) is 4.29. The van der Waals surface area contributed by atoms with E-state index in [4.69, 9.17) is 4.74 Å². The topological polar surface area (TPSA) is 200 Å². The second kappa shape index (κ2) is 7.70. The Morgan fingerprint density at radius 3 is 2.52 bits per heavy atom. The van der Waals surface area contributed by atoms with E-state index in [0.29, 0.717) is 0 Å². The van der Waals surface area contributed by atoms with Gasteiger partial charge >= 0.3 is 12.1 Å². The van der Waals surface area contributed by atoms with Gasteiger partial charge in [0.25, 0.3) is 0 Å². The van der Waals surface area contributed by atoms with Crippen LogP contribution in [0, 0.1) is 0 Å². The Morgan fingerprint density at radius 1 is 1.26 bits per heavy atom. The average molecular weight is 457 g/mol. The number of nitrogens with one attached hydrogen (secondary N) is 2. The normalized spacial score (nSPS) is 26.0. The molecule has 168 valence electrons. The molecule has 2 saturated heterocycles. The number of β-lactam (4-membered cyclic amide) rings is 1. The summed E-state index contributed by atoms with van der Waals surface area (Å²) in [5, 5.41) is 26.8. The fourth-order valence-electron chi connectivity index (χ4n) is 3.51. The highest BCUT2D eigenvalue weighted by Crippen LogP contribution is 2.46. The van der Waals surface area contributed by atoms with Crippen LogP contribution in [0.25, 0.3) is 0 Å². The molecule has 2 aliphatic rings. The minimum atomic E-state index is -4.13. The maximum Gasteiger partial charge on any atom is 0.421 e. The fourth-order valence-corrected chi connectivity index (χ4v) is 5.78. The molecule has 0 aromatic heterocycles. The summed E-state index contributed by atoms with van der Waals surface area (Å²) in [6.45, 7) is -0.175. The Balaban J connectivity index is 1.57. The molecule has 2 heterocycles. The third-order valence-corrected chi connectivity index (χ3v) is 8.02. The highest BCUT2D eigenvalue weighted by molar-refractivity contribution is 7.94. The van der Waals surface area contributed by atoms with Crippen LogP contribution in [-0.2, 0) is 24.2 Å². The van der Waals surface area contributed by atoms with Crippen LogP contribution in [0.5, 0.6) is 11.5 Å². The lowest BCUT2D eigenvalue weighted by atomic mass is 9.97. The van der Waals surface area contributed by atoms with Gasteiger partial charge < -0.3 is 25.0 Å². The molecule has 2 aliphatic heterocycles. The minimum Gasteiger partial charge on any atom is -0.504 e. The molecule has 0 aliphatic carbocycles. The van der Waals surface area contributed by atoms with Gasteiger partial charge in [0.2, 0.25) is 5.91 Å². The van der Waals surface area contributed by atoms with E-state index in [9.17, 15) is 42.9 Å². The van der Waals surface area contributed by atoms with Crippen LogP contribution in [0.4, 0.5) is 4.79 Å². The molecule has 2 amide bonds. The molecule has 1 aromatic rings. The van der Waals surface area contributed by atoms with Crippen LogP contribution in [0.15, 0.2) is 18.2 Å². The number of hydrogen-bond acceptors (Lipinski definition) is 10. The number of phenolic OH excluding ortho intramolecular Hbond substituents is 2. The standard InChI is InChI=1S/C17H19N3O10S/c1-17(14(15(25)26)20-12(24)5-13(20)31(17,28)29)7-30-16(27)19-18-6-11(23)8-2-3-9(21)10(22)4-8/h2-4,13-14,18,21-22H,5-7H2,1H3,(H,19,27)(H,25,26)/t13-,14+,17+/m1/s1. The second-order valence-electron chi connectivity index (χ2n) is 7.24. The number of fused-ring (bicyclic) bond motifs is 1. The molecule has 0 saturated carbocycles. The number of carbonyl (C=O) groups excluding carboxylic acids is 3. The van der Waals surface area contributed by atoms with Crippen molar-refractivity contribution in [2.45, 2.75) is 29.5 Å². The number of phenols is 2. The molecule has 14 heteroatoms. The van der Waals surface area contributed by atoms with Gasteiger partial charge in [-0.2, -0.15) is 0 Å². The van der Waals surface area contributed by atoms with E-state index >= 15 is 0 Å². The number of nitrogens with zero attached hydrogens (tertiary/aromatic N) is 1. The molecule has 2 fully saturated rings. The van der Waals surface area contributed by atoms with Crippen molar-refractivity contribution in [1.29, 1.82) is 0 Å². The van der Waals surface area contributed by atoms with Gasteiger partial charge in [-0.25, -0.2) is 23.4 Å². The summed E-state index contributed by atoms with van der Waals surface area (Å²) in [5.74, 6) is -3.62. The van der Waals surface area contributed by atoms with Crippen molar-refractivity contribution >= 4 is 33.6 Å². The first-order valence-electron chi connectivity index (χ1n) is 8.88. The van der Waals surface area contributed by atoms with E-state index in [2.05, 4.69) is 5.43 Å². The number of rotatable bonds is 7. The molecule has 3 atom stereocenters. The number of aromatic hydroxyl groups is 2. The van der Waals surface area contributed by atoms with Crippen LogP contribution >= 0.6 is 0 Å². The van der Waals surface area contributed by atoms with Gasteiger partial charge in [-0.15, -0.1) is 0 Å². The van der Waals surface area contributed by atoms with Crippen LogP contribution in [0.3, 0.4) is 0 Å². The van der Waals surface area contributed by atoms with Gasteiger partial charge in [0, 0.05) is 5.56 Å². The van der Waals surface area contributed by atoms with Crippen molar-refractivity contribution in [2.24, 2.45) is 0 Å². The van der Waals surface area contributed by atoms with E-state index in [-0.39, 0.29) is 12.0 Å². The van der Waals surface area contributed by atoms with Crippen molar-refractivity contribution < 1.29 is 47.7 Å². The number of carbonyl (C=O) groups is 4. The summed E-state index contributed by atoms with van der Waals surface area (Å²) in [6, 6.07) is 1.69. The predicted molar refractivity (Wildman–Crippen MR) is 101 cm³/mol. The third kappa shape index (κ3) is 3.63. The highest BCUT2D eigenvalue weighted by Gasteiger charge is 2.70. The third-order valence-electron chi connectivity index (χ3n) is 5.27. The Hall–Kier alpha value is -3.39. The monoisotopic (exact) mass is 457 g/mol. The molecule has 0 bridgehead atoms. The lowest BCUT2D eigenvalue weighted by Crippen LogP contribution is -2.58. The lowest BCUT2D eigenvalue weighted by Gasteiger charge is -2.35. The van der Waals surface area contributed by atoms with E-state index in [0.717, 1.165) is 24.0 Å². The van der Waals surface area contributed by atoms with E-state index in [1.54, 1.807) is 0 Å². The zero-order valence-electron chi connectivity index (χ0n) is 16.1. The number of hydrogen-bond donors (Lipinski definition) is 5. The van der Waals surface area contributed by atoms with Crippen molar-refractivity contribution in [3.05, 3.63) is 23.8 Å². The summed E-state index contributed by atoms with van der Waals surface area (Å²) in [4.78, 5) is 48.0. The van der Waals surface area contributed by atoms with Gasteiger partial charge in [0.15, 0.2) is 33.2 Å². The molecule has 13 nitrogen and oxygen atoms in total. The lowest BCUT2D eigenvalue weighted by molar-refractivity contribution is -0.158. The summed E-state index contributed by atoms with van der Waals surface area (Å²) < 4.78 is 28.2. The number of hydrazine groups is 1. The molecule has 0 spiro atoms. The Kier molecular flexibility index (Phi) is 5.54. The van der Waals surface area contributed by atoms with Crippen LogP contribution in [-0.4, -0.2) is 81.7 Å². The van der Waals surface area contributed by atoms with Gasteiger partial charge in [-0.05, 0) is 25.1 Å². The summed E-state index contributed by atoms with van der Waals surface area (Å²) in [6.07, 6.45) is -1.51. The molecule has 3 rings (SSSR count). The summed E-state index contributed by atoms with van der Waals surface area (Å²) in [7, 11) is -4.13. The summed E-state index contributed by atoms with van der Waals surface area (Å²) >= 11 is 0. The number of aliphatic carboxylic acids is 1. The van der Waals surface area contributed by atoms with E-state index in [1.807, 2.05) is 5.43 Å². The smallest absolute Gasteiger partial charge is 0.421 e. The maximum absolute atomic E-state index is 12.7. The number of ketones is 1. The Morgan fingerprint density at radius 2 is 1.94 bits per heavy atom. The number of amides is 2. The average Bonchev–Trinajstić information content (AvgIpc) is 2.83. The van der Waals surface area contributed by atoms with Gasteiger partial charge in [-0.1, -0.05) is 0 Å². The minimum absolute atomic E-state index is 0.0426. The molecule has 0 radical (unpaired) electrons. The van der Waals surface area contributed by atoms with Crippen LogP contribution in [0.2, 0.25) is 0 Å². The van der Waals surface area contributed by atoms with Gasteiger partial charge in [-0.3, -0.25) is 15.0 Å². The maximum atomic E-state index is 12.7. The van der Waals surface area contributed by atoms with Crippen molar-refractivity contribution in [2.75, 3.05) is 13.2 Å². The molecule has 5 N–H and O–H groups in total. The first-order chi connectivity index (χ1) is 14.4. The quantitative estimate of drug-likeness (QED) is 0.141. The largest absolute Gasteiger partial charge is 0.504 e. The number of carboxylic acid groups (broad SMARTS) is 1. The fraction of sp³-hybridized carbons (Fsp3) is 0.412. The SMILES string of the molecule is C[C@]1(COC(=O)NNCC(=O)c2ccc(O)c(O)c2)[C@H](C(=O)O)N2C(=O)C[C@H]2S1(=O)=O. The Labute approximate surface area is 175 Å². The zero-order chi connectivity index (χ0) is 23.1. The van der Waals surface area contributed by atoms with Gasteiger partial charge in [0.1, 0.15) is 16.7 Å². The Bertz CT molecular complexity index is 1070. The van der Waals surface area contributed by atoms with E-state index < -0.39 is 74.4 Å². The number of benzene rings is 1. The van der Waals surface area contributed by atoms with Crippen molar-refractivity contribution in [1.82, 2.24) is 15.8 Å².